The molecule has 0 saturated carbocycles. The number of hydrogen-bond acceptors (Lipinski definition) is 4. The van der Waals surface area contributed by atoms with Crippen molar-refractivity contribution in [3.8, 4) is 5.75 Å². The maximum Gasteiger partial charge on any atom is 0.184 e. The Labute approximate surface area is 96.0 Å². The van der Waals surface area contributed by atoms with Crippen molar-refractivity contribution in [2.75, 3.05) is 27.7 Å². The smallest absolute Gasteiger partial charge is 0.184 e. The minimum absolute atomic E-state index is 0.0631. The molecule has 5 nitrogen and oxygen atoms in total. The maximum absolute atomic E-state index is 11.8. The van der Waals surface area contributed by atoms with Gasteiger partial charge in [0.1, 0.15) is 5.69 Å². The summed E-state index contributed by atoms with van der Waals surface area (Å²) in [5.41, 5.74) is 0.576. The van der Waals surface area contributed by atoms with Crippen LogP contribution in [0.15, 0.2) is 6.20 Å². The average Bonchev–Trinajstić information content (AvgIpc) is 2.68. The summed E-state index contributed by atoms with van der Waals surface area (Å²) < 4.78 is 6.85. The van der Waals surface area contributed by atoms with Crippen molar-refractivity contribution >= 4 is 5.78 Å². The molecule has 0 atom stereocenters. The molecule has 0 aliphatic heterocycles. The third-order valence-electron chi connectivity index (χ3n) is 2.37. The van der Waals surface area contributed by atoms with Gasteiger partial charge < -0.3 is 9.64 Å². The van der Waals surface area contributed by atoms with Gasteiger partial charge >= 0.3 is 0 Å². The molecule has 0 saturated heterocycles. The zero-order valence-electron chi connectivity index (χ0n) is 10.4. The van der Waals surface area contributed by atoms with Crippen LogP contribution in [0.1, 0.15) is 23.8 Å². The van der Waals surface area contributed by atoms with Crippen molar-refractivity contribution in [3.63, 3.8) is 0 Å². The number of Topliss-reactive ketones (excluding diaryl/α,β-unsaturated/α-hetero) is 1. The standard InChI is InChI=1S/C11H19N3O2/c1-5-9(15)11-10(16-4)8-12-14(11)7-6-13(2)3/h8H,5-7H2,1-4H3. The highest BCUT2D eigenvalue weighted by Gasteiger charge is 2.17. The quantitative estimate of drug-likeness (QED) is 0.679. The predicted octanol–water partition coefficient (Wildman–Crippen LogP) is 1.05. The molecule has 1 aromatic heterocycles. The molecule has 0 spiro atoms. The van der Waals surface area contributed by atoms with Gasteiger partial charge in [0.15, 0.2) is 11.5 Å². The van der Waals surface area contributed by atoms with E-state index < -0.39 is 0 Å². The van der Waals surface area contributed by atoms with Crippen LogP contribution in [0.2, 0.25) is 0 Å². The van der Waals surface area contributed by atoms with Crippen molar-refractivity contribution in [3.05, 3.63) is 11.9 Å². The molecule has 16 heavy (non-hydrogen) atoms. The fraction of sp³-hybridized carbons (Fsp3) is 0.636. The molecule has 90 valence electrons. The lowest BCUT2D eigenvalue weighted by Gasteiger charge is -2.11. The SMILES string of the molecule is CCC(=O)c1c(OC)cnn1CCN(C)C. The molecule has 0 bridgehead atoms. The molecule has 0 aliphatic rings. The van der Waals surface area contributed by atoms with Crippen molar-refractivity contribution in [2.24, 2.45) is 0 Å². The highest BCUT2D eigenvalue weighted by molar-refractivity contribution is 5.96. The van der Waals surface area contributed by atoms with E-state index in [1.54, 1.807) is 18.0 Å². The van der Waals surface area contributed by atoms with Crippen molar-refractivity contribution in [2.45, 2.75) is 19.9 Å². The average molecular weight is 225 g/mol. The van der Waals surface area contributed by atoms with Gasteiger partial charge in [0.25, 0.3) is 0 Å². The van der Waals surface area contributed by atoms with E-state index >= 15 is 0 Å². The molecule has 0 unspecified atom stereocenters. The van der Waals surface area contributed by atoms with Crippen molar-refractivity contribution in [1.82, 2.24) is 14.7 Å². The second kappa shape index (κ2) is 5.65. The van der Waals surface area contributed by atoms with Gasteiger partial charge in [0.05, 0.1) is 19.9 Å². The van der Waals surface area contributed by atoms with Crippen molar-refractivity contribution < 1.29 is 9.53 Å². The van der Waals surface area contributed by atoms with Crippen LogP contribution < -0.4 is 4.74 Å². The van der Waals surface area contributed by atoms with Crippen molar-refractivity contribution in [1.29, 1.82) is 0 Å². The number of methoxy groups -OCH3 is 1. The molecule has 1 heterocycles. The first-order chi connectivity index (χ1) is 7.60. The number of ketones is 1. The Morgan fingerprint density at radius 1 is 1.56 bits per heavy atom. The van der Waals surface area contributed by atoms with E-state index in [2.05, 4.69) is 5.10 Å². The first-order valence-corrected chi connectivity index (χ1v) is 5.37. The van der Waals surface area contributed by atoms with Gasteiger partial charge in [-0.25, -0.2) is 0 Å². The summed E-state index contributed by atoms with van der Waals surface area (Å²) in [4.78, 5) is 13.8. The molecule has 0 aromatic carbocycles. The Balaban J connectivity index is 2.91. The summed E-state index contributed by atoms with van der Waals surface area (Å²) in [6.45, 7) is 3.37. The highest BCUT2D eigenvalue weighted by atomic mass is 16.5. The molecule has 1 rings (SSSR count). The van der Waals surface area contributed by atoms with E-state index in [4.69, 9.17) is 4.74 Å². The van der Waals surface area contributed by atoms with E-state index in [9.17, 15) is 4.79 Å². The predicted molar refractivity (Wildman–Crippen MR) is 62.0 cm³/mol. The third-order valence-corrected chi connectivity index (χ3v) is 2.37. The molecule has 0 fully saturated rings. The van der Waals surface area contributed by atoms with Gasteiger partial charge in [-0.2, -0.15) is 5.10 Å². The number of carbonyl (C=O) groups is 1. The van der Waals surface area contributed by atoms with E-state index in [1.165, 1.54) is 0 Å². The Hall–Kier alpha value is -1.36. The second-order valence-electron chi connectivity index (χ2n) is 3.86. The number of ether oxygens (including phenoxy) is 1. The number of carbonyl (C=O) groups excluding carboxylic acids is 1. The van der Waals surface area contributed by atoms with E-state index in [1.807, 2.05) is 25.9 Å². The normalized spacial score (nSPS) is 10.8. The molecule has 0 radical (unpaired) electrons. The van der Waals surface area contributed by atoms with Gasteiger partial charge in [0.2, 0.25) is 0 Å². The van der Waals surface area contributed by atoms with Gasteiger partial charge in [0, 0.05) is 13.0 Å². The van der Waals surface area contributed by atoms with Crippen LogP contribution in [0.4, 0.5) is 0 Å². The zero-order chi connectivity index (χ0) is 12.1. The fourth-order valence-corrected chi connectivity index (χ4v) is 1.43. The Kier molecular flexibility index (Phi) is 4.49. The molecule has 0 amide bonds. The van der Waals surface area contributed by atoms with Crippen LogP contribution in [-0.4, -0.2) is 48.2 Å². The fourth-order valence-electron chi connectivity index (χ4n) is 1.43. The summed E-state index contributed by atoms with van der Waals surface area (Å²) >= 11 is 0. The highest BCUT2D eigenvalue weighted by Crippen LogP contribution is 2.19. The van der Waals surface area contributed by atoms with Crippen LogP contribution >= 0.6 is 0 Å². The van der Waals surface area contributed by atoms with Crippen LogP contribution in [0.25, 0.3) is 0 Å². The first-order valence-electron chi connectivity index (χ1n) is 5.37. The van der Waals surface area contributed by atoms with Gasteiger partial charge in [-0.1, -0.05) is 6.92 Å². The molecule has 1 aromatic rings. The third kappa shape index (κ3) is 2.82. The van der Waals surface area contributed by atoms with Gasteiger partial charge in [-0.15, -0.1) is 0 Å². The maximum atomic E-state index is 11.8. The summed E-state index contributed by atoms with van der Waals surface area (Å²) in [6, 6.07) is 0. The number of likely N-dealkylation sites (N-methyl/N-ethyl adjacent to an activating group) is 1. The Morgan fingerprint density at radius 2 is 2.25 bits per heavy atom. The zero-order valence-corrected chi connectivity index (χ0v) is 10.4. The summed E-state index contributed by atoms with van der Waals surface area (Å²) in [5, 5.41) is 4.17. The van der Waals surface area contributed by atoms with Gasteiger partial charge in [-0.3, -0.25) is 9.48 Å². The van der Waals surface area contributed by atoms with E-state index in [0.29, 0.717) is 24.4 Å². The largest absolute Gasteiger partial charge is 0.493 e. The number of aromatic nitrogens is 2. The molecular formula is C11H19N3O2. The monoisotopic (exact) mass is 225 g/mol. The topological polar surface area (TPSA) is 47.4 Å². The lowest BCUT2D eigenvalue weighted by molar-refractivity contribution is 0.0974. The summed E-state index contributed by atoms with van der Waals surface area (Å²) in [5.74, 6) is 0.624. The summed E-state index contributed by atoms with van der Waals surface area (Å²) in [7, 11) is 5.53. The minimum Gasteiger partial charge on any atom is -0.493 e. The van der Waals surface area contributed by atoms with Crippen LogP contribution in [-0.2, 0) is 6.54 Å². The first kappa shape index (κ1) is 12.7. The summed E-state index contributed by atoms with van der Waals surface area (Å²) in [6.07, 6.45) is 2.06. The molecule has 0 N–H and O–H groups in total. The van der Waals surface area contributed by atoms with Crippen LogP contribution in [0.3, 0.4) is 0 Å². The van der Waals surface area contributed by atoms with E-state index in [-0.39, 0.29) is 5.78 Å². The Morgan fingerprint density at radius 3 is 2.75 bits per heavy atom. The lowest BCUT2D eigenvalue weighted by atomic mass is 10.2. The minimum atomic E-state index is 0.0631. The van der Waals surface area contributed by atoms with Crippen LogP contribution in [0.5, 0.6) is 5.75 Å². The number of hydrogen-bond donors (Lipinski definition) is 0. The number of rotatable bonds is 6. The second-order valence-corrected chi connectivity index (χ2v) is 3.86. The van der Waals surface area contributed by atoms with Gasteiger partial charge in [-0.05, 0) is 14.1 Å². The van der Waals surface area contributed by atoms with E-state index in [0.717, 1.165) is 6.54 Å². The Bertz CT molecular complexity index is 358. The number of nitrogens with zero attached hydrogens (tertiary/aromatic N) is 3. The molecular weight excluding hydrogens is 206 g/mol. The molecule has 0 aliphatic carbocycles. The van der Waals surface area contributed by atoms with Crippen LogP contribution in [0, 0.1) is 0 Å². The lowest BCUT2D eigenvalue weighted by Crippen LogP contribution is -2.21. The molecule has 5 heteroatoms.